The molecule has 17 heavy (non-hydrogen) atoms. The molecule has 2 amide bonds. The summed E-state index contributed by atoms with van der Waals surface area (Å²) < 4.78 is 36.0. The summed E-state index contributed by atoms with van der Waals surface area (Å²) in [5.41, 5.74) is 4.90. The molecule has 2 N–H and O–H groups in total. The number of nitrogens with two attached hydrogens (primary N) is 1. The first kappa shape index (κ1) is 13.6. The van der Waals surface area contributed by atoms with Gasteiger partial charge in [-0.15, -0.1) is 0 Å². The van der Waals surface area contributed by atoms with E-state index in [0.29, 0.717) is 17.9 Å². The highest BCUT2D eigenvalue weighted by Gasteiger charge is 2.44. The largest absolute Gasteiger partial charge is 0.493 e. The van der Waals surface area contributed by atoms with Crippen molar-refractivity contribution in [2.45, 2.75) is 44.3 Å². The number of urea groups is 1. The van der Waals surface area contributed by atoms with Crippen LogP contribution in [0.4, 0.5) is 18.0 Å². The van der Waals surface area contributed by atoms with Crippen molar-refractivity contribution >= 4 is 12.0 Å². The third kappa shape index (κ3) is 3.79. The van der Waals surface area contributed by atoms with Crippen LogP contribution in [0.25, 0.3) is 0 Å². The highest BCUT2D eigenvalue weighted by Crippen LogP contribution is 2.24. The van der Waals surface area contributed by atoms with Gasteiger partial charge in [0.2, 0.25) is 0 Å². The highest BCUT2D eigenvalue weighted by atomic mass is 19.4. The molecule has 1 aliphatic rings. The first-order chi connectivity index (χ1) is 7.82. The average molecular weight is 254 g/mol. The Morgan fingerprint density at radius 3 is 2.12 bits per heavy atom. The van der Waals surface area contributed by atoms with Gasteiger partial charge < -0.3 is 10.6 Å². The Labute approximate surface area is 95.6 Å². The van der Waals surface area contributed by atoms with Gasteiger partial charge in [0.1, 0.15) is 0 Å². The van der Waals surface area contributed by atoms with Crippen molar-refractivity contribution in [1.82, 2.24) is 5.06 Å². The lowest BCUT2D eigenvalue weighted by molar-refractivity contribution is -0.234. The van der Waals surface area contributed by atoms with Crippen molar-refractivity contribution in [1.29, 1.82) is 0 Å². The summed E-state index contributed by atoms with van der Waals surface area (Å²) in [7, 11) is 0. The SMILES string of the molecule is NC(=O)N(OC(=O)C(F)(F)F)C1CCCCC1. The van der Waals surface area contributed by atoms with Gasteiger partial charge in [0.25, 0.3) is 0 Å². The molecule has 0 aliphatic heterocycles. The fourth-order valence-electron chi connectivity index (χ4n) is 1.76. The van der Waals surface area contributed by atoms with Crippen molar-refractivity contribution in [2.75, 3.05) is 0 Å². The molecule has 5 nitrogen and oxygen atoms in total. The number of carbonyl (C=O) groups excluding carboxylic acids is 2. The number of rotatable bonds is 1. The zero-order valence-corrected chi connectivity index (χ0v) is 9.00. The molecule has 8 heteroatoms. The van der Waals surface area contributed by atoms with E-state index < -0.39 is 24.2 Å². The van der Waals surface area contributed by atoms with Gasteiger partial charge in [0.15, 0.2) is 0 Å². The molecule has 0 aromatic heterocycles. The molecule has 0 spiro atoms. The normalized spacial score (nSPS) is 17.6. The Morgan fingerprint density at radius 1 is 1.18 bits per heavy atom. The van der Waals surface area contributed by atoms with Crippen molar-refractivity contribution in [3.05, 3.63) is 0 Å². The second-order valence-electron chi connectivity index (χ2n) is 3.83. The zero-order valence-electron chi connectivity index (χ0n) is 9.00. The maximum absolute atomic E-state index is 12.0. The van der Waals surface area contributed by atoms with Crippen LogP contribution in [0.2, 0.25) is 0 Å². The summed E-state index contributed by atoms with van der Waals surface area (Å²) >= 11 is 0. The van der Waals surface area contributed by atoms with Gasteiger partial charge in [-0.25, -0.2) is 9.59 Å². The molecule has 0 heterocycles. The van der Waals surface area contributed by atoms with Crippen molar-refractivity contribution in [3.63, 3.8) is 0 Å². The Morgan fingerprint density at radius 2 is 1.71 bits per heavy atom. The first-order valence-corrected chi connectivity index (χ1v) is 5.20. The average Bonchev–Trinajstić information content (AvgIpc) is 2.25. The first-order valence-electron chi connectivity index (χ1n) is 5.20. The van der Waals surface area contributed by atoms with E-state index in [1.165, 1.54) is 0 Å². The van der Waals surface area contributed by atoms with Gasteiger partial charge in [-0.3, -0.25) is 0 Å². The third-order valence-electron chi connectivity index (χ3n) is 2.54. The minimum atomic E-state index is -5.14. The highest BCUT2D eigenvalue weighted by molar-refractivity contribution is 5.78. The van der Waals surface area contributed by atoms with Crippen LogP contribution in [0.3, 0.4) is 0 Å². The molecule has 1 aliphatic carbocycles. The van der Waals surface area contributed by atoms with E-state index in [4.69, 9.17) is 5.73 Å². The minimum absolute atomic E-state index is 0.342. The van der Waals surface area contributed by atoms with Crippen LogP contribution in [-0.2, 0) is 9.63 Å². The second kappa shape index (κ2) is 5.24. The number of amides is 2. The number of carbonyl (C=O) groups is 2. The Balaban J connectivity index is 2.66. The van der Waals surface area contributed by atoms with Gasteiger partial charge >= 0.3 is 18.2 Å². The van der Waals surface area contributed by atoms with Crippen LogP contribution < -0.4 is 5.73 Å². The summed E-state index contributed by atoms with van der Waals surface area (Å²) in [5, 5.41) is 0.342. The second-order valence-corrected chi connectivity index (χ2v) is 3.83. The van der Waals surface area contributed by atoms with E-state index in [9.17, 15) is 22.8 Å². The van der Waals surface area contributed by atoms with E-state index in [2.05, 4.69) is 4.84 Å². The zero-order chi connectivity index (χ0) is 13.1. The van der Waals surface area contributed by atoms with E-state index in [1.807, 2.05) is 0 Å². The topological polar surface area (TPSA) is 72.6 Å². The molecule has 0 saturated heterocycles. The smallest absolute Gasteiger partial charge is 0.349 e. The third-order valence-corrected chi connectivity index (χ3v) is 2.54. The van der Waals surface area contributed by atoms with Crippen LogP contribution in [0, 0.1) is 0 Å². The summed E-state index contributed by atoms with van der Waals surface area (Å²) in [6, 6.07) is -1.75. The number of nitrogens with zero attached hydrogens (tertiary/aromatic N) is 1. The lowest BCUT2D eigenvalue weighted by atomic mass is 9.95. The molecule has 0 bridgehead atoms. The predicted molar refractivity (Wildman–Crippen MR) is 50.4 cm³/mol. The summed E-state index contributed by atoms with van der Waals surface area (Å²) in [5.74, 6) is -2.43. The van der Waals surface area contributed by atoms with Gasteiger partial charge in [-0.1, -0.05) is 19.3 Å². The number of hydroxylamine groups is 2. The number of alkyl halides is 3. The summed E-state index contributed by atoms with van der Waals surface area (Å²) in [4.78, 5) is 25.6. The molecule has 1 saturated carbocycles. The molecule has 0 unspecified atom stereocenters. The number of hydrogen-bond acceptors (Lipinski definition) is 3. The molecular weight excluding hydrogens is 241 g/mol. The number of primary amides is 1. The molecular formula is C9H13F3N2O3. The monoisotopic (exact) mass is 254 g/mol. The van der Waals surface area contributed by atoms with E-state index >= 15 is 0 Å². The maximum atomic E-state index is 12.0. The van der Waals surface area contributed by atoms with Crippen LogP contribution in [0.1, 0.15) is 32.1 Å². The quantitative estimate of drug-likeness (QED) is 0.724. The molecule has 1 rings (SSSR count). The van der Waals surface area contributed by atoms with E-state index in [1.54, 1.807) is 0 Å². The van der Waals surface area contributed by atoms with Crippen molar-refractivity contribution < 1.29 is 27.6 Å². The number of halogens is 3. The Kier molecular flexibility index (Phi) is 4.19. The van der Waals surface area contributed by atoms with Crippen LogP contribution in [-0.4, -0.2) is 29.3 Å². The number of hydrogen-bond donors (Lipinski definition) is 1. The molecule has 1 fully saturated rings. The predicted octanol–water partition coefficient (Wildman–Crippen LogP) is 1.72. The summed E-state index contributed by atoms with van der Waals surface area (Å²) in [6.07, 6.45) is -1.71. The molecule has 0 aromatic rings. The van der Waals surface area contributed by atoms with Gasteiger partial charge in [-0.05, 0) is 12.8 Å². The lowest BCUT2D eigenvalue weighted by Gasteiger charge is -2.30. The minimum Gasteiger partial charge on any atom is -0.349 e. The lowest BCUT2D eigenvalue weighted by Crippen LogP contribution is -2.47. The standard InChI is InChI=1S/C9H13F3N2O3/c10-9(11,12)7(15)17-14(8(13)16)6-4-2-1-3-5-6/h6H,1-5H2,(H2,13,16). The molecule has 0 radical (unpaired) electrons. The van der Waals surface area contributed by atoms with Crippen LogP contribution in [0.15, 0.2) is 0 Å². The molecule has 0 atom stereocenters. The summed E-state index contributed by atoms with van der Waals surface area (Å²) in [6.45, 7) is 0. The van der Waals surface area contributed by atoms with Crippen LogP contribution >= 0.6 is 0 Å². The maximum Gasteiger partial charge on any atom is 0.493 e. The fraction of sp³-hybridized carbons (Fsp3) is 0.778. The van der Waals surface area contributed by atoms with Crippen molar-refractivity contribution in [2.24, 2.45) is 5.73 Å². The van der Waals surface area contributed by atoms with E-state index in [0.717, 1.165) is 19.3 Å². The Bertz CT molecular complexity index is 300. The molecule has 0 aromatic carbocycles. The van der Waals surface area contributed by atoms with Gasteiger partial charge in [0, 0.05) is 0 Å². The van der Waals surface area contributed by atoms with E-state index in [-0.39, 0.29) is 0 Å². The van der Waals surface area contributed by atoms with Crippen LogP contribution in [0.5, 0.6) is 0 Å². The fourth-order valence-corrected chi connectivity index (χ4v) is 1.76. The Hall–Kier alpha value is -1.47. The van der Waals surface area contributed by atoms with Crippen molar-refractivity contribution in [3.8, 4) is 0 Å². The van der Waals surface area contributed by atoms with Gasteiger partial charge in [-0.2, -0.15) is 18.2 Å². The van der Waals surface area contributed by atoms with Gasteiger partial charge in [0.05, 0.1) is 6.04 Å². The molecule has 98 valence electrons.